The lowest BCUT2D eigenvalue weighted by Crippen LogP contribution is -2.25. The molecular weight excluding hydrogens is 400 g/mol. The van der Waals surface area contributed by atoms with Crippen LogP contribution in [0.5, 0.6) is 17.2 Å². The van der Waals surface area contributed by atoms with Gasteiger partial charge in [0.15, 0.2) is 29.7 Å². The lowest BCUT2D eigenvalue weighted by Gasteiger charge is -2.18. The van der Waals surface area contributed by atoms with Crippen LogP contribution in [0.1, 0.15) is 0 Å². The highest BCUT2D eigenvalue weighted by molar-refractivity contribution is 5.96. The van der Waals surface area contributed by atoms with Crippen LogP contribution in [0.15, 0.2) is 42.6 Å². The smallest absolute Gasteiger partial charge is 0.262 e. The number of fused-ring (bicyclic) bond motifs is 2. The van der Waals surface area contributed by atoms with E-state index < -0.39 is 0 Å². The third-order valence-electron chi connectivity index (χ3n) is 4.82. The minimum absolute atomic E-state index is 0.00319. The summed E-state index contributed by atoms with van der Waals surface area (Å²) in [6.07, 6.45) is 1.63. The summed E-state index contributed by atoms with van der Waals surface area (Å²) < 4.78 is 16.1. The summed E-state index contributed by atoms with van der Waals surface area (Å²) in [5.74, 6) is 2.64. The van der Waals surface area contributed by atoms with Crippen LogP contribution < -0.4 is 24.8 Å². The van der Waals surface area contributed by atoms with Gasteiger partial charge in [0.25, 0.3) is 5.91 Å². The van der Waals surface area contributed by atoms with E-state index in [4.69, 9.17) is 14.2 Å². The van der Waals surface area contributed by atoms with Crippen LogP contribution in [0.2, 0.25) is 0 Å². The number of amides is 1. The number of nitrogens with one attached hydrogen (secondary N) is 3. The van der Waals surface area contributed by atoms with Crippen molar-refractivity contribution in [2.45, 2.75) is 0 Å². The molecular formula is C21H18N6O4. The molecule has 0 bridgehead atoms. The number of ether oxygens (including phenoxy) is 3. The van der Waals surface area contributed by atoms with Crippen LogP contribution in [0.4, 0.5) is 17.2 Å². The second kappa shape index (κ2) is 7.48. The van der Waals surface area contributed by atoms with Gasteiger partial charge in [0, 0.05) is 17.3 Å². The fourth-order valence-electron chi connectivity index (χ4n) is 3.33. The number of nitrogens with zero attached hydrogens (tertiary/aromatic N) is 3. The molecule has 4 aromatic rings. The van der Waals surface area contributed by atoms with Crippen LogP contribution >= 0.6 is 0 Å². The minimum Gasteiger partial charge on any atom is -0.493 e. The molecule has 0 atom stereocenters. The summed E-state index contributed by atoms with van der Waals surface area (Å²) in [6.45, 7) is 0.00319. The van der Waals surface area contributed by atoms with Gasteiger partial charge in [-0.1, -0.05) is 0 Å². The number of carbonyl (C=O) groups is 1. The van der Waals surface area contributed by atoms with Gasteiger partial charge in [-0.05, 0) is 30.3 Å². The van der Waals surface area contributed by atoms with Gasteiger partial charge in [-0.15, -0.1) is 0 Å². The maximum Gasteiger partial charge on any atom is 0.262 e. The predicted octanol–water partition coefficient (Wildman–Crippen LogP) is 3.11. The zero-order valence-electron chi connectivity index (χ0n) is 16.7. The molecule has 1 aliphatic rings. The maximum atomic E-state index is 11.7. The fourth-order valence-corrected chi connectivity index (χ4v) is 3.33. The number of H-pyrrole nitrogens is 1. The zero-order valence-corrected chi connectivity index (χ0v) is 16.7. The molecule has 1 amide bonds. The van der Waals surface area contributed by atoms with Gasteiger partial charge < -0.3 is 24.8 Å². The van der Waals surface area contributed by atoms with Crippen molar-refractivity contribution in [2.24, 2.45) is 0 Å². The Morgan fingerprint density at radius 2 is 1.94 bits per heavy atom. The van der Waals surface area contributed by atoms with Gasteiger partial charge in [0.1, 0.15) is 16.8 Å². The number of methoxy groups -OCH3 is 2. The number of anilines is 3. The van der Waals surface area contributed by atoms with Crippen molar-refractivity contribution in [1.82, 2.24) is 20.2 Å². The molecule has 0 fully saturated rings. The van der Waals surface area contributed by atoms with Crippen molar-refractivity contribution >= 4 is 34.1 Å². The molecule has 10 heteroatoms. The average molecular weight is 418 g/mol. The summed E-state index contributed by atoms with van der Waals surface area (Å²) in [6, 6.07) is 10.9. The van der Waals surface area contributed by atoms with Crippen LogP contribution in [-0.2, 0) is 4.79 Å². The van der Waals surface area contributed by atoms with E-state index in [0.29, 0.717) is 45.6 Å². The van der Waals surface area contributed by atoms with Crippen molar-refractivity contribution in [1.29, 1.82) is 0 Å². The van der Waals surface area contributed by atoms with Crippen LogP contribution in [0.25, 0.3) is 22.4 Å². The Kier molecular flexibility index (Phi) is 4.51. The van der Waals surface area contributed by atoms with Gasteiger partial charge in [0.2, 0.25) is 0 Å². The molecule has 0 saturated carbocycles. The lowest BCUT2D eigenvalue weighted by molar-refractivity contribution is -0.118. The SMILES string of the molecule is COc1ccc(Nc2nc(-c3ccc4c(c3)NC(=O)CO4)nc3cn[nH]c23)cc1OC. The summed E-state index contributed by atoms with van der Waals surface area (Å²) in [5, 5.41) is 13.1. The molecule has 0 spiro atoms. The number of hydrogen-bond acceptors (Lipinski definition) is 8. The van der Waals surface area contributed by atoms with E-state index in [1.807, 2.05) is 18.2 Å². The maximum absolute atomic E-state index is 11.7. The summed E-state index contributed by atoms with van der Waals surface area (Å²) in [5.41, 5.74) is 3.37. The number of benzene rings is 2. The van der Waals surface area contributed by atoms with Crippen molar-refractivity contribution < 1.29 is 19.0 Å². The first-order chi connectivity index (χ1) is 15.1. The zero-order chi connectivity index (χ0) is 21.4. The molecule has 156 valence electrons. The highest BCUT2D eigenvalue weighted by atomic mass is 16.5. The summed E-state index contributed by atoms with van der Waals surface area (Å²) in [7, 11) is 3.16. The quantitative estimate of drug-likeness (QED) is 0.452. The summed E-state index contributed by atoms with van der Waals surface area (Å²) >= 11 is 0. The van der Waals surface area contributed by atoms with Gasteiger partial charge in [-0.25, -0.2) is 9.97 Å². The Labute approximate surface area is 176 Å². The molecule has 1 aliphatic heterocycles. The lowest BCUT2D eigenvalue weighted by atomic mass is 10.1. The molecule has 5 rings (SSSR count). The molecule has 0 saturated heterocycles. The van der Waals surface area contributed by atoms with E-state index in [1.54, 1.807) is 38.6 Å². The topological polar surface area (TPSA) is 123 Å². The average Bonchev–Trinajstić information content (AvgIpc) is 3.27. The number of carbonyl (C=O) groups excluding carboxylic acids is 1. The Morgan fingerprint density at radius 1 is 1.06 bits per heavy atom. The van der Waals surface area contributed by atoms with E-state index in [9.17, 15) is 4.79 Å². The van der Waals surface area contributed by atoms with Crippen LogP contribution in [0, 0.1) is 0 Å². The second-order valence-corrected chi connectivity index (χ2v) is 6.77. The molecule has 3 heterocycles. The molecule has 3 N–H and O–H groups in total. The molecule has 0 radical (unpaired) electrons. The van der Waals surface area contributed by atoms with E-state index in [1.165, 1.54) is 0 Å². The molecule has 2 aromatic carbocycles. The van der Waals surface area contributed by atoms with Crippen molar-refractivity contribution in [3.63, 3.8) is 0 Å². The van der Waals surface area contributed by atoms with Crippen molar-refractivity contribution in [2.75, 3.05) is 31.5 Å². The fraction of sp³-hybridized carbons (Fsp3) is 0.143. The molecule has 10 nitrogen and oxygen atoms in total. The Morgan fingerprint density at radius 3 is 2.77 bits per heavy atom. The molecule has 31 heavy (non-hydrogen) atoms. The van der Waals surface area contributed by atoms with Crippen molar-refractivity contribution in [3.05, 3.63) is 42.6 Å². The first kappa shape index (κ1) is 18.7. The highest BCUT2D eigenvalue weighted by Gasteiger charge is 2.18. The number of aromatic nitrogens is 4. The van der Waals surface area contributed by atoms with Gasteiger partial charge >= 0.3 is 0 Å². The second-order valence-electron chi connectivity index (χ2n) is 6.77. The largest absolute Gasteiger partial charge is 0.493 e. The third kappa shape index (κ3) is 3.44. The monoisotopic (exact) mass is 418 g/mol. The normalized spacial score (nSPS) is 12.6. The van der Waals surface area contributed by atoms with E-state index in [-0.39, 0.29) is 12.5 Å². The van der Waals surface area contributed by atoms with Gasteiger partial charge in [-0.2, -0.15) is 5.10 Å². The predicted molar refractivity (Wildman–Crippen MR) is 114 cm³/mol. The Bertz CT molecular complexity index is 1300. The van der Waals surface area contributed by atoms with Crippen molar-refractivity contribution in [3.8, 4) is 28.6 Å². The van der Waals surface area contributed by atoms with Gasteiger partial charge in [0.05, 0.1) is 26.1 Å². The summed E-state index contributed by atoms with van der Waals surface area (Å²) in [4.78, 5) is 20.9. The number of rotatable bonds is 5. The first-order valence-electron chi connectivity index (χ1n) is 9.42. The standard InChI is InChI=1S/C21H18N6O4/c1-29-16-6-4-12(8-17(16)30-2)23-21-19-14(9-22-27-19)25-20(26-21)11-3-5-15-13(7-11)24-18(28)10-31-15/h3-9H,10H2,1-2H3,(H,22,27)(H,24,28)(H,23,25,26). The molecule has 0 aliphatic carbocycles. The first-order valence-corrected chi connectivity index (χ1v) is 9.42. The molecule has 0 unspecified atom stereocenters. The number of aromatic amines is 1. The minimum atomic E-state index is -0.202. The Hall–Kier alpha value is -4.34. The van der Waals surface area contributed by atoms with Gasteiger partial charge in [-0.3, -0.25) is 9.89 Å². The Balaban J connectivity index is 1.55. The van der Waals surface area contributed by atoms with E-state index in [0.717, 1.165) is 11.3 Å². The van der Waals surface area contributed by atoms with Crippen LogP contribution in [0.3, 0.4) is 0 Å². The van der Waals surface area contributed by atoms with E-state index >= 15 is 0 Å². The van der Waals surface area contributed by atoms with E-state index in [2.05, 4.69) is 30.8 Å². The number of hydrogen-bond donors (Lipinski definition) is 3. The third-order valence-corrected chi connectivity index (χ3v) is 4.82. The molecule has 2 aromatic heterocycles. The highest BCUT2D eigenvalue weighted by Crippen LogP contribution is 2.34. The van der Waals surface area contributed by atoms with Crippen LogP contribution in [-0.4, -0.2) is 46.9 Å².